The van der Waals surface area contributed by atoms with Crippen molar-refractivity contribution in [1.82, 2.24) is 0 Å². The third kappa shape index (κ3) is 106. The van der Waals surface area contributed by atoms with E-state index in [0.717, 1.165) is 0 Å². The third-order valence-electron chi connectivity index (χ3n) is 0. The minimum atomic E-state index is -4.64. The molecule has 7 heteroatoms. The van der Waals surface area contributed by atoms with E-state index in [0.29, 0.717) is 0 Å². The predicted molar refractivity (Wildman–Crippen MR) is 17.9 cm³/mol. The summed E-state index contributed by atoms with van der Waals surface area (Å²) in [6.07, 6.45) is 0. The average Bonchev–Trinajstić information content (AvgIpc) is 0.722. The van der Waals surface area contributed by atoms with Crippen molar-refractivity contribution in [2.24, 2.45) is 0 Å². The zero-order valence-corrected chi connectivity index (χ0v) is 7.23. The van der Waals surface area contributed by atoms with Crippen LogP contribution in [0.5, 0.6) is 0 Å². The molecule has 0 heterocycles. The van der Waals surface area contributed by atoms with Crippen molar-refractivity contribution in [2.75, 3.05) is 0 Å². The second kappa shape index (κ2) is 5.58. The Hall–Kier alpha value is 1.45. The minimum Gasteiger partial charge on any atom is -0.412 e. The van der Waals surface area contributed by atoms with Crippen molar-refractivity contribution in [3.63, 3.8) is 0 Å². The Morgan fingerprint density at radius 3 is 1.14 bits per heavy atom. The van der Waals surface area contributed by atoms with Gasteiger partial charge < -0.3 is 20.2 Å². The first-order valence-electron chi connectivity index (χ1n) is 0.783. The molecule has 7 heavy (non-hydrogen) atoms. The van der Waals surface area contributed by atoms with Gasteiger partial charge in [0, 0.05) is 41.7 Å². The summed E-state index contributed by atoms with van der Waals surface area (Å²) >= 11 is 0. The van der Waals surface area contributed by atoms with E-state index in [2.05, 4.69) is 0 Å². The summed E-state index contributed by atoms with van der Waals surface area (Å²) in [7, 11) is -4.64. The van der Waals surface area contributed by atoms with Gasteiger partial charge in [0.15, 0.2) is 0 Å². The standard InChI is InChI=1S/Ce.H3O4P.H2O/c;1-5(2,3)4;/h;(H3,1,2,3,4);1H2. The summed E-state index contributed by atoms with van der Waals surface area (Å²) < 4.78 is 8.88. The first-order valence-corrected chi connectivity index (χ1v) is 2.35. The normalized spacial score (nSPS) is 8.43. The Kier molecular flexibility index (Phi) is 12.6. The maximum absolute atomic E-state index is 8.88. The summed E-state index contributed by atoms with van der Waals surface area (Å²) in [6, 6.07) is 0. The molecule has 0 atom stereocenters. The molecule has 5 nitrogen and oxygen atoms in total. The number of phosphoric acid groups is 1. The molecular weight excluding hydrogens is 251 g/mol. The molecule has 0 aromatic carbocycles. The number of hydrogen-bond acceptors (Lipinski definition) is 1. The SMILES string of the molecule is O.O=P(O)(O)O.[Ce]. The fourth-order valence-corrected chi connectivity index (χ4v) is 0. The smallest absolute Gasteiger partial charge is 0.412 e. The summed E-state index contributed by atoms with van der Waals surface area (Å²) in [4.78, 5) is 21.6. The average molecular weight is 256 g/mol. The molecule has 0 radical (unpaired) electrons. The molecule has 0 aliphatic carbocycles. The van der Waals surface area contributed by atoms with Crippen molar-refractivity contribution in [1.29, 1.82) is 0 Å². The van der Waals surface area contributed by atoms with Crippen molar-refractivity contribution in [3.05, 3.63) is 0 Å². The predicted octanol–water partition coefficient (Wildman–Crippen LogP) is -1.75. The van der Waals surface area contributed by atoms with Gasteiger partial charge in [-0.2, -0.15) is 0 Å². The van der Waals surface area contributed by atoms with Gasteiger partial charge in [0.1, 0.15) is 0 Å². The molecule has 0 spiro atoms. The van der Waals surface area contributed by atoms with E-state index in [-0.39, 0.29) is 47.2 Å². The molecule has 5 N–H and O–H groups in total. The van der Waals surface area contributed by atoms with Gasteiger partial charge in [-0.3, -0.25) is 0 Å². The molecule has 0 rings (SSSR count). The third-order valence-corrected chi connectivity index (χ3v) is 0. The fraction of sp³-hybridized carbons (Fsp3) is 0. The summed E-state index contributed by atoms with van der Waals surface area (Å²) in [5, 5.41) is 0. The van der Waals surface area contributed by atoms with Gasteiger partial charge in [-0.05, 0) is 0 Å². The van der Waals surface area contributed by atoms with Crippen LogP contribution in [0.3, 0.4) is 0 Å². The van der Waals surface area contributed by atoms with Crippen molar-refractivity contribution >= 4 is 7.82 Å². The molecule has 0 unspecified atom stereocenters. The van der Waals surface area contributed by atoms with E-state index >= 15 is 0 Å². The number of rotatable bonds is 0. The van der Waals surface area contributed by atoms with Crippen LogP contribution < -0.4 is 0 Å². The van der Waals surface area contributed by atoms with E-state index in [1.165, 1.54) is 0 Å². The van der Waals surface area contributed by atoms with Crippen LogP contribution in [0, 0.1) is 41.7 Å². The van der Waals surface area contributed by atoms with Crippen LogP contribution >= 0.6 is 7.82 Å². The molecule has 0 aromatic rings. The fourth-order valence-electron chi connectivity index (χ4n) is 0. The van der Waals surface area contributed by atoms with Gasteiger partial charge in [0.05, 0.1) is 0 Å². The van der Waals surface area contributed by atoms with Crippen molar-refractivity contribution in [3.8, 4) is 0 Å². The van der Waals surface area contributed by atoms with E-state index in [1.54, 1.807) is 0 Å². The van der Waals surface area contributed by atoms with E-state index in [1.807, 2.05) is 0 Å². The first kappa shape index (κ1) is 15.8. The molecule has 0 aromatic heterocycles. The van der Waals surface area contributed by atoms with Crippen LogP contribution in [-0.4, -0.2) is 20.2 Å². The van der Waals surface area contributed by atoms with Gasteiger partial charge in [-0.1, -0.05) is 0 Å². The quantitative estimate of drug-likeness (QED) is 0.446. The van der Waals surface area contributed by atoms with Gasteiger partial charge in [0.25, 0.3) is 0 Å². The first-order chi connectivity index (χ1) is 2.00. The zero-order valence-electron chi connectivity index (χ0n) is 3.20. The van der Waals surface area contributed by atoms with E-state index in [9.17, 15) is 0 Å². The molecule has 0 saturated carbocycles. The summed E-state index contributed by atoms with van der Waals surface area (Å²) in [6.45, 7) is 0. The maximum atomic E-state index is 8.88. The second-order valence-electron chi connectivity index (χ2n) is 0.513. The van der Waals surface area contributed by atoms with Crippen LogP contribution in [0.2, 0.25) is 0 Å². The number of hydrogen-bond donors (Lipinski definition) is 3. The molecule has 0 amide bonds. The zero-order chi connectivity index (χ0) is 4.50. The Morgan fingerprint density at radius 2 is 1.14 bits per heavy atom. The van der Waals surface area contributed by atoms with Gasteiger partial charge in [0.2, 0.25) is 0 Å². The largest absolute Gasteiger partial charge is 0.466 e. The van der Waals surface area contributed by atoms with Crippen LogP contribution in [0.1, 0.15) is 0 Å². The Bertz CT molecular complexity index is 54.2. The van der Waals surface area contributed by atoms with Crippen LogP contribution in [0.15, 0.2) is 0 Å². The Labute approximate surface area is 73.7 Å². The van der Waals surface area contributed by atoms with Crippen LogP contribution in [-0.2, 0) is 4.57 Å². The topological polar surface area (TPSA) is 109 Å². The van der Waals surface area contributed by atoms with Crippen molar-refractivity contribution in [2.45, 2.75) is 0 Å². The van der Waals surface area contributed by atoms with E-state index in [4.69, 9.17) is 19.2 Å². The Balaban J connectivity index is -0.0000000800. The molecule has 0 aliphatic heterocycles. The summed E-state index contributed by atoms with van der Waals surface area (Å²) in [5.74, 6) is 0. The Morgan fingerprint density at radius 1 is 1.14 bits per heavy atom. The van der Waals surface area contributed by atoms with Gasteiger partial charge in [-0.15, -0.1) is 0 Å². The second-order valence-corrected chi connectivity index (χ2v) is 1.54. The van der Waals surface area contributed by atoms with Crippen molar-refractivity contribution < 1.29 is 66.5 Å². The minimum absolute atomic E-state index is 0. The molecule has 0 bridgehead atoms. The van der Waals surface area contributed by atoms with Gasteiger partial charge >= 0.3 is 7.82 Å². The molecule has 0 saturated heterocycles. The molecule has 0 fully saturated rings. The van der Waals surface area contributed by atoms with E-state index < -0.39 is 7.82 Å². The summed E-state index contributed by atoms with van der Waals surface area (Å²) in [5.41, 5.74) is 0. The monoisotopic (exact) mass is 256 g/mol. The molecule has 0 aliphatic rings. The molecular formula is H5CeO5P. The van der Waals surface area contributed by atoms with Gasteiger partial charge in [-0.25, -0.2) is 4.57 Å². The molecule has 44 valence electrons. The maximum Gasteiger partial charge on any atom is 0.466 e. The van der Waals surface area contributed by atoms with Crippen LogP contribution in [0.4, 0.5) is 0 Å². The van der Waals surface area contributed by atoms with Crippen LogP contribution in [0.25, 0.3) is 0 Å².